The molecule has 1 aromatic carbocycles. The van der Waals surface area contributed by atoms with Gasteiger partial charge in [-0.2, -0.15) is 18.3 Å². The zero-order valence-corrected chi connectivity index (χ0v) is 16.9. The molecule has 1 heterocycles. The van der Waals surface area contributed by atoms with E-state index in [0.29, 0.717) is 12.1 Å². The molecule has 26 heavy (non-hydrogen) atoms. The molecule has 0 aliphatic carbocycles. The van der Waals surface area contributed by atoms with E-state index in [4.69, 9.17) is 0 Å². The van der Waals surface area contributed by atoms with Gasteiger partial charge in [-0.05, 0) is 66.4 Å². The van der Waals surface area contributed by atoms with Gasteiger partial charge < -0.3 is 0 Å². The van der Waals surface area contributed by atoms with Crippen LogP contribution in [0.25, 0.3) is 0 Å². The quantitative estimate of drug-likeness (QED) is 0.673. The number of halogens is 4. The highest BCUT2D eigenvalue weighted by atomic mass is 79.9. The Kier molecular flexibility index (Phi) is 6.19. The standard InChI is InChI=1S/C16H19BrF3N3O2S/c1-10-5-6-13(9-11(10)2)26(24,25)21-7-4-8-23-12(3)14(17)15(22-23)16(18,19)20/h5-6,9,21H,4,7-8H2,1-3H3. The van der Waals surface area contributed by atoms with Crippen LogP contribution in [0.15, 0.2) is 27.6 Å². The summed E-state index contributed by atoms with van der Waals surface area (Å²) in [6.45, 7) is 5.49. The maximum absolute atomic E-state index is 12.8. The molecule has 0 amide bonds. The molecular weight excluding hydrogens is 435 g/mol. The summed E-state index contributed by atoms with van der Waals surface area (Å²) in [5.41, 5.74) is 1.22. The molecule has 5 nitrogen and oxygen atoms in total. The third-order valence-electron chi connectivity index (χ3n) is 4.03. The zero-order chi connectivity index (χ0) is 19.7. The summed E-state index contributed by atoms with van der Waals surface area (Å²) in [6.07, 6.45) is -4.24. The number of hydrogen-bond acceptors (Lipinski definition) is 3. The molecule has 0 atom stereocenters. The first-order valence-electron chi connectivity index (χ1n) is 7.80. The van der Waals surface area contributed by atoms with E-state index >= 15 is 0 Å². The van der Waals surface area contributed by atoms with Crippen LogP contribution in [0.3, 0.4) is 0 Å². The van der Waals surface area contributed by atoms with Crippen LogP contribution in [-0.4, -0.2) is 24.7 Å². The van der Waals surface area contributed by atoms with Crippen LogP contribution in [0.4, 0.5) is 13.2 Å². The number of aryl methyl sites for hydroxylation is 3. The first-order chi connectivity index (χ1) is 11.9. The summed E-state index contributed by atoms with van der Waals surface area (Å²) < 4.78 is 66.6. The van der Waals surface area contributed by atoms with Crippen LogP contribution in [0, 0.1) is 20.8 Å². The largest absolute Gasteiger partial charge is 0.436 e. The second kappa shape index (κ2) is 7.69. The molecule has 10 heteroatoms. The Labute approximate surface area is 158 Å². The van der Waals surface area contributed by atoms with Crippen LogP contribution in [0.5, 0.6) is 0 Å². The van der Waals surface area contributed by atoms with Crippen molar-refractivity contribution >= 4 is 26.0 Å². The molecule has 1 N–H and O–H groups in total. The summed E-state index contributed by atoms with van der Waals surface area (Å²) in [6, 6.07) is 4.84. The minimum Gasteiger partial charge on any atom is -0.268 e. The molecule has 0 aliphatic heterocycles. The SMILES string of the molecule is Cc1ccc(S(=O)(=O)NCCCn2nc(C(F)(F)F)c(Br)c2C)cc1C. The van der Waals surface area contributed by atoms with Crippen molar-refractivity contribution < 1.29 is 21.6 Å². The number of aromatic nitrogens is 2. The second-order valence-corrected chi connectivity index (χ2v) is 8.53. The first-order valence-corrected chi connectivity index (χ1v) is 10.1. The summed E-state index contributed by atoms with van der Waals surface area (Å²) in [4.78, 5) is 0.165. The highest BCUT2D eigenvalue weighted by molar-refractivity contribution is 9.10. The van der Waals surface area contributed by atoms with Crippen molar-refractivity contribution in [3.63, 3.8) is 0 Å². The van der Waals surface area contributed by atoms with E-state index in [2.05, 4.69) is 25.8 Å². The molecule has 0 radical (unpaired) electrons. The predicted octanol–water partition coefficient (Wildman–Crippen LogP) is 3.96. The summed E-state index contributed by atoms with van der Waals surface area (Å²) in [5, 5.41) is 3.56. The Hall–Kier alpha value is -1.39. The normalized spacial score (nSPS) is 12.6. The van der Waals surface area contributed by atoms with Gasteiger partial charge in [0, 0.05) is 13.1 Å². The van der Waals surface area contributed by atoms with Gasteiger partial charge in [0.2, 0.25) is 10.0 Å². The maximum Gasteiger partial charge on any atom is 0.436 e. The fourth-order valence-electron chi connectivity index (χ4n) is 2.32. The lowest BCUT2D eigenvalue weighted by Gasteiger charge is -2.09. The first kappa shape index (κ1) is 20.9. The van der Waals surface area contributed by atoms with Crippen LogP contribution in [-0.2, 0) is 22.7 Å². The van der Waals surface area contributed by atoms with Crippen LogP contribution in [0.1, 0.15) is 28.9 Å². The fraction of sp³-hybridized carbons (Fsp3) is 0.438. The Morgan fingerprint density at radius 1 is 1.19 bits per heavy atom. The van der Waals surface area contributed by atoms with Gasteiger partial charge in [0.25, 0.3) is 0 Å². The van der Waals surface area contributed by atoms with Gasteiger partial charge in [-0.25, -0.2) is 13.1 Å². The van der Waals surface area contributed by atoms with Crippen molar-refractivity contribution in [2.75, 3.05) is 6.54 Å². The lowest BCUT2D eigenvalue weighted by atomic mass is 10.1. The molecule has 0 aliphatic rings. The van der Waals surface area contributed by atoms with Gasteiger partial charge in [0.1, 0.15) is 0 Å². The number of hydrogen-bond donors (Lipinski definition) is 1. The van der Waals surface area contributed by atoms with E-state index in [1.807, 2.05) is 13.8 Å². The fourth-order valence-corrected chi connectivity index (χ4v) is 3.99. The topological polar surface area (TPSA) is 64.0 Å². The lowest BCUT2D eigenvalue weighted by Crippen LogP contribution is -2.26. The highest BCUT2D eigenvalue weighted by Crippen LogP contribution is 2.35. The Morgan fingerprint density at radius 2 is 1.85 bits per heavy atom. The Bertz CT molecular complexity index is 908. The predicted molar refractivity (Wildman–Crippen MR) is 95.4 cm³/mol. The molecule has 0 saturated carbocycles. The van der Waals surface area contributed by atoms with Crippen LogP contribution >= 0.6 is 15.9 Å². The number of nitrogens with one attached hydrogen (secondary N) is 1. The average molecular weight is 454 g/mol. The molecule has 0 bridgehead atoms. The number of alkyl halides is 3. The molecular formula is C16H19BrF3N3O2S. The Balaban J connectivity index is 1.99. The van der Waals surface area contributed by atoms with Crippen molar-refractivity contribution in [1.82, 2.24) is 14.5 Å². The van der Waals surface area contributed by atoms with Gasteiger partial charge in [-0.15, -0.1) is 0 Å². The molecule has 2 aromatic rings. The smallest absolute Gasteiger partial charge is 0.268 e. The van der Waals surface area contributed by atoms with E-state index in [1.165, 1.54) is 17.7 Å². The van der Waals surface area contributed by atoms with Crippen molar-refractivity contribution in [1.29, 1.82) is 0 Å². The molecule has 1 aromatic heterocycles. The third kappa shape index (κ3) is 4.66. The third-order valence-corrected chi connectivity index (χ3v) is 6.44. The minimum absolute atomic E-state index is 0.0908. The van der Waals surface area contributed by atoms with Gasteiger partial charge in [-0.3, -0.25) is 4.68 Å². The minimum atomic E-state index is -4.54. The molecule has 144 valence electrons. The van der Waals surface area contributed by atoms with Gasteiger partial charge in [0.05, 0.1) is 15.1 Å². The molecule has 0 fully saturated rings. The van der Waals surface area contributed by atoms with Gasteiger partial charge in [-0.1, -0.05) is 6.07 Å². The van der Waals surface area contributed by atoms with Crippen LogP contribution in [0.2, 0.25) is 0 Å². The van der Waals surface area contributed by atoms with E-state index in [-0.39, 0.29) is 22.5 Å². The number of benzene rings is 1. The van der Waals surface area contributed by atoms with E-state index < -0.39 is 21.9 Å². The number of rotatable bonds is 6. The summed E-state index contributed by atoms with van der Waals surface area (Å²) >= 11 is 2.91. The zero-order valence-electron chi connectivity index (χ0n) is 14.5. The molecule has 0 unspecified atom stereocenters. The second-order valence-electron chi connectivity index (χ2n) is 5.97. The van der Waals surface area contributed by atoms with Crippen molar-refractivity contribution in [3.8, 4) is 0 Å². The lowest BCUT2D eigenvalue weighted by molar-refractivity contribution is -0.142. The monoisotopic (exact) mass is 453 g/mol. The summed E-state index contributed by atoms with van der Waals surface area (Å²) in [5.74, 6) is 0. The summed E-state index contributed by atoms with van der Waals surface area (Å²) in [7, 11) is -3.66. The van der Waals surface area contributed by atoms with Crippen molar-refractivity contribution in [3.05, 3.63) is 45.2 Å². The van der Waals surface area contributed by atoms with E-state index in [1.54, 1.807) is 12.1 Å². The molecule has 2 rings (SSSR count). The number of sulfonamides is 1. The van der Waals surface area contributed by atoms with Crippen molar-refractivity contribution in [2.24, 2.45) is 0 Å². The molecule has 0 saturated heterocycles. The highest BCUT2D eigenvalue weighted by Gasteiger charge is 2.37. The molecule has 0 spiro atoms. The average Bonchev–Trinajstić information content (AvgIpc) is 2.82. The Morgan fingerprint density at radius 3 is 2.38 bits per heavy atom. The number of nitrogens with zero attached hydrogens (tertiary/aromatic N) is 2. The van der Waals surface area contributed by atoms with E-state index in [0.717, 1.165) is 11.1 Å². The van der Waals surface area contributed by atoms with Gasteiger partial charge in [0.15, 0.2) is 5.69 Å². The van der Waals surface area contributed by atoms with Crippen molar-refractivity contribution in [2.45, 2.75) is 44.8 Å². The van der Waals surface area contributed by atoms with E-state index in [9.17, 15) is 21.6 Å². The maximum atomic E-state index is 12.8. The van der Waals surface area contributed by atoms with Crippen LogP contribution < -0.4 is 4.72 Å². The van der Waals surface area contributed by atoms with Gasteiger partial charge >= 0.3 is 6.18 Å².